The minimum Gasteiger partial charge on any atom is -0.194 e. The molecule has 0 saturated carbocycles. The van der Waals surface area contributed by atoms with E-state index in [4.69, 9.17) is 0 Å². The normalized spacial score (nSPS) is 15.8. The highest BCUT2D eigenvalue weighted by atomic mass is 19.4. The fraction of sp³-hybridized carbons (Fsp3) is 0.647. The summed E-state index contributed by atoms with van der Waals surface area (Å²) in [6, 6.07) is 1.16. The third-order valence-electron chi connectivity index (χ3n) is 4.66. The molecule has 1 aromatic rings. The zero-order valence-corrected chi connectivity index (χ0v) is 16.3. The van der Waals surface area contributed by atoms with E-state index in [-0.39, 0.29) is 17.7 Å². The van der Waals surface area contributed by atoms with Crippen LogP contribution in [0.1, 0.15) is 30.9 Å². The van der Waals surface area contributed by atoms with E-state index >= 15 is 0 Å². The Kier molecular flexibility index (Phi) is 7.10. The van der Waals surface area contributed by atoms with Gasteiger partial charge in [0.2, 0.25) is 0 Å². The van der Waals surface area contributed by atoms with Crippen molar-refractivity contribution in [2.45, 2.75) is 67.4 Å². The lowest BCUT2D eigenvalue weighted by molar-refractivity contribution is -0.462. The first kappa shape index (κ1) is 30.1. The van der Waals surface area contributed by atoms with Gasteiger partial charge in [0.05, 0.1) is 0 Å². The largest absolute Gasteiger partial charge is 0.460 e. The maximum atomic E-state index is 14.1. The molecule has 0 bridgehead atoms. The molecule has 0 heterocycles. The molecule has 0 spiro atoms. The molecule has 1 rings (SSSR count). The number of hydrogen-bond donors (Lipinski definition) is 0. The lowest BCUT2D eigenvalue weighted by Crippen LogP contribution is -2.74. The van der Waals surface area contributed by atoms with Crippen LogP contribution in [0.25, 0.3) is 0 Å². The average molecular weight is 538 g/mol. The van der Waals surface area contributed by atoms with E-state index in [9.17, 15) is 74.6 Å². The second-order valence-corrected chi connectivity index (χ2v) is 7.30. The fourth-order valence-electron chi connectivity index (χ4n) is 2.42. The Balaban J connectivity index is 3.68. The molecule has 0 amide bonds. The average Bonchev–Trinajstić information content (AvgIpc) is 2.66. The van der Waals surface area contributed by atoms with Gasteiger partial charge in [-0.25, -0.2) is 0 Å². The van der Waals surface area contributed by atoms with Crippen LogP contribution in [0.3, 0.4) is 0 Å². The van der Waals surface area contributed by atoms with Crippen molar-refractivity contribution in [3.8, 4) is 0 Å². The first-order chi connectivity index (χ1) is 14.7. The lowest BCUT2D eigenvalue weighted by atomic mass is 9.87. The summed E-state index contributed by atoms with van der Waals surface area (Å²) in [4.78, 5) is 0. The van der Waals surface area contributed by atoms with Crippen molar-refractivity contribution < 1.29 is 74.6 Å². The molecule has 0 fully saturated rings. The summed E-state index contributed by atoms with van der Waals surface area (Å²) < 4.78 is 225. The molecule has 0 aliphatic heterocycles. The summed E-state index contributed by atoms with van der Waals surface area (Å²) in [5, 5.41) is 0. The molecule has 0 aliphatic carbocycles. The number of halogens is 17. The van der Waals surface area contributed by atoms with Crippen molar-refractivity contribution in [1.29, 1.82) is 0 Å². The number of alkyl halides is 17. The topological polar surface area (TPSA) is 0 Å². The van der Waals surface area contributed by atoms with E-state index in [1.165, 1.54) is 13.8 Å². The van der Waals surface area contributed by atoms with E-state index in [0.29, 0.717) is 12.1 Å². The quantitative estimate of drug-likeness (QED) is 0.293. The minimum absolute atomic E-state index is 0.0258. The third kappa shape index (κ3) is 3.85. The zero-order valence-electron chi connectivity index (χ0n) is 16.3. The van der Waals surface area contributed by atoms with Crippen LogP contribution in [0.4, 0.5) is 74.6 Å². The van der Waals surface area contributed by atoms with Gasteiger partial charge in [0.25, 0.3) is 0 Å². The van der Waals surface area contributed by atoms with Crippen molar-refractivity contribution >= 4 is 0 Å². The van der Waals surface area contributed by atoms with Crippen LogP contribution in [0.5, 0.6) is 0 Å². The molecule has 0 aromatic heterocycles. The molecular formula is C17H11F17. The molecule has 0 N–H and O–H groups in total. The number of benzene rings is 1. The Hall–Kier alpha value is -1.97. The van der Waals surface area contributed by atoms with Gasteiger partial charge in [-0.1, -0.05) is 38.1 Å². The number of hydrogen-bond acceptors (Lipinski definition) is 0. The minimum atomic E-state index is -8.62. The summed E-state index contributed by atoms with van der Waals surface area (Å²) in [5.41, 5.74) is -2.12. The van der Waals surface area contributed by atoms with Gasteiger partial charge in [0.15, 0.2) is 0 Å². The van der Waals surface area contributed by atoms with E-state index in [1.807, 2.05) is 0 Å². The fourth-order valence-corrected chi connectivity index (χ4v) is 2.42. The molecular weight excluding hydrogens is 527 g/mol. The molecule has 0 atom stereocenters. The Morgan fingerprint density at radius 2 is 0.735 bits per heavy atom. The van der Waals surface area contributed by atoms with E-state index in [1.54, 1.807) is 0 Å². The monoisotopic (exact) mass is 538 g/mol. The smallest absolute Gasteiger partial charge is 0.194 e. The van der Waals surface area contributed by atoms with Crippen molar-refractivity contribution in [1.82, 2.24) is 0 Å². The van der Waals surface area contributed by atoms with Crippen molar-refractivity contribution in [3.63, 3.8) is 0 Å². The van der Waals surface area contributed by atoms with Crippen molar-refractivity contribution in [2.75, 3.05) is 0 Å². The molecule has 34 heavy (non-hydrogen) atoms. The third-order valence-corrected chi connectivity index (χ3v) is 4.66. The van der Waals surface area contributed by atoms with Gasteiger partial charge in [0, 0.05) is 5.56 Å². The van der Waals surface area contributed by atoms with Gasteiger partial charge in [-0.2, -0.15) is 74.6 Å². The molecule has 0 nitrogen and oxygen atoms in total. The van der Waals surface area contributed by atoms with Crippen LogP contribution < -0.4 is 0 Å². The van der Waals surface area contributed by atoms with Gasteiger partial charge in [-0.05, 0) is 11.5 Å². The highest BCUT2D eigenvalue weighted by molar-refractivity contribution is 5.30. The Morgan fingerprint density at radius 3 is 1.03 bits per heavy atom. The summed E-state index contributed by atoms with van der Waals surface area (Å²) in [6.07, 6.45) is -7.77. The van der Waals surface area contributed by atoms with E-state index < -0.39 is 59.1 Å². The summed E-state index contributed by atoms with van der Waals surface area (Å²) in [7, 11) is 0. The van der Waals surface area contributed by atoms with Crippen LogP contribution in [0, 0.1) is 0 Å². The van der Waals surface area contributed by atoms with Gasteiger partial charge in [-0.3, -0.25) is 0 Å². The van der Waals surface area contributed by atoms with Crippen LogP contribution in [-0.2, 0) is 5.92 Å². The Bertz CT molecular complexity index is 861. The van der Waals surface area contributed by atoms with E-state index in [0.717, 1.165) is 0 Å². The maximum absolute atomic E-state index is 14.1. The highest BCUT2D eigenvalue weighted by Crippen LogP contribution is 2.65. The molecule has 0 saturated heterocycles. The van der Waals surface area contributed by atoms with Crippen LogP contribution in [0.2, 0.25) is 0 Å². The standard InChI is InChI=1S/C17H11F17/c1-7(2)8-3-5-9(6-4-8)10(18,19)11(20,21)12(22,23)13(24,25)14(26,27)15(28,29)16(30,31)17(32,33)34/h3-7H,1-2H3. The predicted octanol–water partition coefficient (Wildman–Crippen LogP) is 8.28. The molecule has 1 aromatic carbocycles. The van der Waals surface area contributed by atoms with E-state index in [2.05, 4.69) is 0 Å². The zero-order chi connectivity index (χ0) is 27.6. The summed E-state index contributed by atoms with van der Waals surface area (Å²) in [6.45, 7) is 2.85. The van der Waals surface area contributed by atoms with Crippen LogP contribution in [-0.4, -0.2) is 41.7 Å². The molecule has 17 heteroatoms. The van der Waals surface area contributed by atoms with Crippen LogP contribution >= 0.6 is 0 Å². The Labute approximate surface area is 178 Å². The Morgan fingerprint density at radius 1 is 0.441 bits per heavy atom. The second kappa shape index (κ2) is 8.03. The highest BCUT2D eigenvalue weighted by Gasteiger charge is 2.95. The lowest BCUT2D eigenvalue weighted by Gasteiger charge is -2.42. The summed E-state index contributed by atoms with van der Waals surface area (Å²) in [5.74, 6) is -56.9. The van der Waals surface area contributed by atoms with Crippen molar-refractivity contribution in [3.05, 3.63) is 35.4 Å². The first-order valence-corrected chi connectivity index (χ1v) is 8.48. The number of rotatable bonds is 8. The molecule has 0 unspecified atom stereocenters. The molecule has 0 radical (unpaired) electrons. The molecule has 0 aliphatic rings. The van der Waals surface area contributed by atoms with Crippen molar-refractivity contribution in [2.24, 2.45) is 0 Å². The van der Waals surface area contributed by atoms with Gasteiger partial charge in [-0.15, -0.1) is 0 Å². The first-order valence-electron chi connectivity index (χ1n) is 8.48. The van der Waals surface area contributed by atoms with Gasteiger partial charge < -0.3 is 0 Å². The van der Waals surface area contributed by atoms with Crippen LogP contribution in [0.15, 0.2) is 24.3 Å². The maximum Gasteiger partial charge on any atom is 0.460 e. The van der Waals surface area contributed by atoms with Gasteiger partial charge in [0.1, 0.15) is 0 Å². The SMILES string of the molecule is CC(C)c1ccc(C(F)(F)C(F)(F)C(F)(F)C(F)(F)C(F)(F)C(F)(F)C(F)(F)C(F)(F)F)cc1. The summed E-state index contributed by atoms with van der Waals surface area (Å²) >= 11 is 0. The molecule has 198 valence electrons. The van der Waals surface area contributed by atoms with Gasteiger partial charge >= 0.3 is 47.6 Å². The predicted molar refractivity (Wildman–Crippen MR) is 80.2 cm³/mol. The second-order valence-electron chi connectivity index (χ2n) is 7.30.